The SMILES string of the molecule is Cc1ccc(S[C@@H]2O[C@H](CO)[C@H](O)C(O)[C@H]2O)cc1. The Morgan fingerprint density at radius 2 is 1.68 bits per heavy atom. The molecule has 0 saturated carbocycles. The van der Waals surface area contributed by atoms with Crippen LogP contribution in [0.4, 0.5) is 0 Å². The van der Waals surface area contributed by atoms with Crippen LogP contribution in [0, 0.1) is 6.92 Å². The molecule has 6 heteroatoms. The van der Waals surface area contributed by atoms with Crippen molar-refractivity contribution in [2.24, 2.45) is 0 Å². The van der Waals surface area contributed by atoms with Gasteiger partial charge in [-0.15, -0.1) is 0 Å². The van der Waals surface area contributed by atoms with Crippen molar-refractivity contribution in [3.63, 3.8) is 0 Å². The first-order valence-electron chi connectivity index (χ1n) is 6.07. The Hall–Kier alpha value is -0.630. The summed E-state index contributed by atoms with van der Waals surface area (Å²) in [4.78, 5) is 0.884. The minimum Gasteiger partial charge on any atom is -0.394 e. The molecule has 1 unspecified atom stereocenters. The van der Waals surface area contributed by atoms with Crippen LogP contribution in [-0.4, -0.2) is 56.9 Å². The normalized spacial score (nSPS) is 35.3. The Labute approximate surface area is 115 Å². The molecule has 0 amide bonds. The third kappa shape index (κ3) is 3.28. The van der Waals surface area contributed by atoms with Crippen LogP contribution in [0.1, 0.15) is 5.56 Å². The Bertz CT molecular complexity index is 408. The van der Waals surface area contributed by atoms with E-state index in [4.69, 9.17) is 9.84 Å². The summed E-state index contributed by atoms with van der Waals surface area (Å²) in [6.07, 6.45) is -4.70. The molecule has 1 fully saturated rings. The second-order valence-corrected chi connectivity index (χ2v) is 5.80. The van der Waals surface area contributed by atoms with Gasteiger partial charge in [0.25, 0.3) is 0 Å². The van der Waals surface area contributed by atoms with Crippen molar-refractivity contribution in [1.29, 1.82) is 0 Å². The smallest absolute Gasteiger partial charge is 0.136 e. The van der Waals surface area contributed by atoms with Gasteiger partial charge in [-0.05, 0) is 19.1 Å². The highest BCUT2D eigenvalue weighted by molar-refractivity contribution is 7.99. The van der Waals surface area contributed by atoms with Crippen molar-refractivity contribution in [2.75, 3.05) is 6.61 Å². The average molecular weight is 286 g/mol. The fourth-order valence-corrected chi connectivity index (χ4v) is 2.98. The van der Waals surface area contributed by atoms with Crippen molar-refractivity contribution in [1.82, 2.24) is 0 Å². The van der Waals surface area contributed by atoms with Crippen molar-refractivity contribution in [2.45, 2.75) is 41.7 Å². The molecule has 1 heterocycles. The van der Waals surface area contributed by atoms with Crippen LogP contribution in [0.15, 0.2) is 29.2 Å². The highest BCUT2D eigenvalue weighted by Gasteiger charge is 2.43. The van der Waals surface area contributed by atoms with E-state index in [1.165, 1.54) is 11.8 Å². The second kappa shape index (κ2) is 6.21. The molecule has 1 aromatic rings. The first-order chi connectivity index (χ1) is 9.02. The maximum absolute atomic E-state index is 9.90. The predicted octanol–water partition coefficient (Wildman–Crippen LogP) is -0.113. The van der Waals surface area contributed by atoms with Crippen LogP contribution in [0.3, 0.4) is 0 Å². The van der Waals surface area contributed by atoms with Gasteiger partial charge in [-0.3, -0.25) is 0 Å². The zero-order chi connectivity index (χ0) is 14.0. The molecular formula is C13H18O5S. The molecule has 0 radical (unpaired) electrons. The summed E-state index contributed by atoms with van der Waals surface area (Å²) >= 11 is 1.25. The number of ether oxygens (including phenoxy) is 1. The van der Waals surface area contributed by atoms with Crippen LogP contribution in [0.2, 0.25) is 0 Å². The maximum Gasteiger partial charge on any atom is 0.136 e. The van der Waals surface area contributed by atoms with Gasteiger partial charge in [0, 0.05) is 4.90 Å². The van der Waals surface area contributed by atoms with Gasteiger partial charge in [0.05, 0.1) is 6.61 Å². The van der Waals surface area contributed by atoms with E-state index in [1.54, 1.807) is 0 Å². The van der Waals surface area contributed by atoms with Gasteiger partial charge >= 0.3 is 0 Å². The van der Waals surface area contributed by atoms with Crippen molar-refractivity contribution >= 4 is 11.8 Å². The van der Waals surface area contributed by atoms with Gasteiger partial charge in [0.2, 0.25) is 0 Å². The molecule has 1 aliphatic rings. The lowest BCUT2D eigenvalue weighted by Crippen LogP contribution is -2.57. The van der Waals surface area contributed by atoms with E-state index in [1.807, 2.05) is 31.2 Å². The van der Waals surface area contributed by atoms with E-state index in [-0.39, 0.29) is 0 Å². The molecule has 2 rings (SSSR count). The van der Waals surface area contributed by atoms with Crippen molar-refractivity contribution < 1.29 is 25.2 Å². The van der Waals surface area contributed by atoms with Crippen LogP contribution in [-0.2, 0) is 4.74 Å². The third-order valence-electron chi connectivity index (χ3n) is 3.12. The largest absolute Gasteiger partial charge is 0.394 e. The third-order valence-corrected chi connectivity index (χ3v) is 4.29. The number of benzene rings is 1. The van der Waals surface area contributed by atoms with E-state index >= 15 is 0 Å². The van der Waals surface area contributed by atoms with Gasteiger partial charge in [-0.1, -0.05) is 29.5 Å². The molecule has 1 saturated heterocycles. The van der Waals surface area contributed by atoms with E-state index in [0.717, 1.165) is 10.5 Å². The van der Waals surface area contributed by atoms with Gasteiger partial charge in [0.15, 0.2) is 0 Å². The molecule has 5 atom stereocenters. The number of hydrogen-bond acceptors (Lipinski definition) is 6. The van der Waals surface area contributed by atoms with Gasteiger partial charge in [0.1, 0.15) is 29.9 Å². The summed E-state index contributed by atoms with van der Waals surface area (Å²) in [5.74, 6) is 0. The summed E-state index contributed by atoms with van der Waals surface area (Å²) in [5, 5.41) is 38.4. The molecule has 5 nitrogen and oxygen atoms in total. The molecule has 4 N–H and O–H groups in total. The Morgan fingerprint density at radius 1 is 1.05 bits per heavy atom. The fourth-order valence-electron chi connectivity index (χ4n) is 1.92. The van der Waals surface area contributed by atoms with Crippen LogP contribution < -0.4 is 0 Å². The lowest BCUT2D eigenvalue weighted by atomic mass is 10.0. The topological polar surface area (TPSA) is 90.2 Å². The molecule has 1 aromatic carbocycles. The monoisotopic (exact) mass is 286 g/mol. The molecule has 106 valence electrons. The minimum absolute atomic E-state index is 0.407. The molecule has 0 aliphatic carbocycles. The second-order valence-electron chi connectivity index (χ2n) is 4.63. The van der Waals surface area contributed by atoms with Crippen LogP contribution in [0.5, 0.6) is 0 Å². The van der Waals surface area contributed by atoms with E-state index in [0.29, 0.717) is 0 Å². The lowest BCUT2D eigenvalue weighted by molar-refractivity contribution is -0.205. The van der Waals surface area contributed by atoms with Crippen LogP contribution in [0.25, 0.3) is 0 Å². The quantitative estimate of drug-likeness (QED) is 0.620. The van der Waals surface area contributed by atoms with Crippen molar-refractivity contribution in [3.8, 4) is 0 Å². The Morgan fingerprint density at radius 3 is 2.26 bits per heavy atom. The van der Waals surface area contributed by atoms with E-state index < -0.39 is 36.5 Å². The molecule has 0 bridgehead atoms. The standard InChI is InChI=1S/C13H18O5S/c1-7-2-4-8(5-3-7)19-13-12(17)11(16)10(15)9(6-14)18-13/h2-5,9-17H,6H2,1H3/t9-,10+,11?,12-,13+/m1/s1. The summed E-state index contributed by atoms with van der Waals surface area (Å²) in [7, 11) is 0. The highest BCUT2D eigenvalue weighted by Crippen LogP contribution is 2.33. The molecule has 0 aromatic heterocycles. The summed E-state index contributed by atoms with van der Waals surface area (Å²) < 4.78 is 5.42. The predicted molar refractivity (Wildman–Crippen MR) is 70.8 cm³/mol. The first kappa shape index (κ1) is 14.8. The highest BCUT2D eigenvalue weighted by atomic mass is 32.2. The zero-order valence-corrected chi connectivity index (χ0v) is 11.3. The molecule has 1 aliphatic heterocycles. The summed E-state index contributed by atoms with van der Waals surface area (Å²) in [6.45, 7) is 1.57. The van der Waals surface area contributed by atoms with Crippen molar-refractivity contribution in [3.05, 3.63) is 29.8 Å². The number of aliphatic hydroxyl groups excluding tert-OH is 4. The Balaban J connectivity index is 2.08. The molecule has 0 spiro atoms. The maximum atomic E-state index is 9.90. The number of thioether (sulfide) groups is 1. The number of aliphatic hydroxyl groups is 4. The van der Waals surface area contributed by atoms with E-state index in [2.05, 4.69) is 0 Å². The molecular weight excluding hydrogens is 268 g/mol. The van der Waals surface area contributed by atoms with Gasteiger partial charge in [-0.2, -0.15) is 0 Å². The lowest BCUT2D eigenvalue weighted by Gasteiger charge is -2.39. The fraction of sp³-hybridized carbons (Fsp3) is 0.538. The number of aryl methyl sites for hydroxylation is 1. The van der Waals surface area contributed by atoms with Gasteiger partial charge in [-0.25, -0.2) is 0 Å². The average Bonchev–Trinajstić information content (AvgIpc) is 2.42. The summed E-state index contributed by atoms with van der Waals surface area (Å²) in [6, 6.07) is 7.65. The number of rotatable bonds is 3. The summed E-state index contributed by atoms with van der Waals surface area (Å²) in [5.41, 5.74) is 0.399. The van der Waals surface area contributed by atoms with E-state index in [9.17, 15) is 15.3 Å². The van der Waals surface area contributed by atoms with Crippen LogP contribution >= 0.6 is 11.8 Å². The molecule has 19 heavy (non-hydrogen) atoms. The zero-order valence-electron chi connectivity index (χ0n) is 10.5. The minimum atomic E-state index is -1.33. The van der Waals surface area contributed by atoms with Gasteiger partial charge < -0.3 is 25.2 Å². The Kier molecular flexibility index (Phi) is 4.83. The number of hydrogen-bond donors (Lipinski definition) is 4. The first-order valence-corrected chi connectivity index (χ1v) is 6.94.